The molecule has 0 spiro atoms. The maximum atomic E-state index is 11.9. The fraction of sp³-hybridized carbons (Fsp3) is 0.211. The van der Waals surface area contributed by atoms with Gasteiger partial charge >= 0.3 is 0 Å². The summed E-state index contributed by atoms with van der Waals surface area (Å²) < 4.78 is 11.4. The van der Waals surface area contributed by atoms with Gasteiger partial charge in [-0.1, -0.05) is 65.6 Å². The van der Waals surface area contributed by atoms with E-state index in [1.807, 2.05) is 54.6 Å². The number of carbonyl (C=O) groups is 1. The lowest BCUT2D eigenvalue weighted by Gasteiger charge is -2.04. The second kappa shape index (κ2) is 10.1. The Morgan fingerprint density at radius 2 is 1.93 bits per heavy atom. The van der Waals surface area contributed by atoms with E-state index in [1.54, 1.807) is 18.9 Å². The summed E-state index contributed by atoms with van der Waals surface area (Å²) in [4.78, 5) is 11.9. The van der Waals surface area contributed by atoms with Crippen LogP contribution >= 0.6 is 23.1 Å². The highest BCUT2D eigenvalue weighted by Gasteiger charge is 2.09. The Labute approximate surface area is 165 Å². The van der Waals surface area contributed by atoms with Gasteiger partial charge in [0, 0.05) is 5.75 Å². The molecule has 0 aliphatic heterocycles. The minimum Gasteiger partial charge on any atom is -0.497 e. The second-order valence-corrected chi connectivity index (χ2v) is 7.74. The molecule has 140 valence electrons. The van der Waals surface area contributed by atoms with Crippen LogP contribution in [0.3, 0.4) is 0 Å². The predicted molar refractivity (Wildman–Crippen MR) is 107 cm³/mol. The molecule has 1 aromatic heterocycles. The zero-order valence-electron chi connectivity index (χ0n) is 14.8. The quantitative estimate of drug-likeness (QED) is 0.432. The molecule has 2 aromatic carbocycles. The van der Waals surface area contributed by atoms with Gasteiger partial charge in [-0.25, -0.2) is 0 Å². The van der Waals surface area contributed by atoms with E-state index in [2.05, 4.69) is 15.5 Å². The average Bonchev–Trinajstić information content (AvgIpc) is 3.14. The fourth-order valence-electron chi connectivity index (χ4n) is 2.22. The lowest BCUT2D eigenvalue weighted by Crippen LogP contribution is -2.18. The third-order valence-electron chi connectivity index (χ3n) is 3.49. The standard InChI is InChI=1S/C19H19N3O3S2/c1-24-16-9-5-8-15(10-16)13-26-19-22-21-18(27-19)20-17(23)12-25-11-14-6-3-2-4-7-14/h2-10H,11-13H2,1H3,(H,20,21,23). The van der Waals surface area contributed by atoms with Crippen LogP contribution in [0.5, 0.6) is 5.75 Å². The summed E-state index contributed by atoms with van der Waals surface area (Å²) in [6, 6.07) is 17.6. The van der Waals surface area contributed by atoms with E-state index in [-0.39, 0.29) is 12.5 Å². The first-order chi connectivity index (χ1) is 13.2. The Kier molecular flexibility index (Phi) is 7.20. The summed E-state index contributed by atoms with van der Waals surface area (Å²) >= 11 is 2.90. The molecular formula is C19H19N3O3S2. The molecule has 0 bridgehead atoms. The molecule has 27 heavy (non-hydrogen) atoms. The molecule has 1 N–H and O–H groups in total. The van der Waals surface area contributed by atoms with Crippen molar-refractivity contribution in [3.63, 3.8) is 0 Å². The number of hydrogen-bond acceptors (Lipinski definition) is 7. The minimum absolute atomic E-state index is 0.0270. The maximum Gasteiger partial charge on any atom is 0.252 e. The molecular weight excluding hydrogens is 382 g/mol. The Balaban J connectivity index is 1.42. The molecule has 1 heterocycles. The van der Waals surface area contributed by atoms with Gasteiger partial charge in [0.25, 0.3) is 5.91 Å². The average molecular weight is 402 g/mol. The molecule has 0 aliphatic carbocycles. The van der Waals surface area contributed by atoms with Crippen LogP contribution in [-0.4, -0.2) is 29.8 Å². The van der Waals surface area contributed by atoms with Crippen LogP contribution in [0.1, 0.15) is 11.1 Å². The van der Waals surface area contributed by atoms with Crippen LogP contribution in [0.2, 0.25) is 0 Å². The van der Waals surface area contributed by atoms with Crippen LogP contribution in [-0.2, 0) is 21.9 Å². The van der Waals surface area contributed by atoms with E-state index >= 15 is 0 Å². The number of methoxy groups -OCH3 is 1. The molecule has 1 amide bonds. The SMILES string of the molecule is COc1cccc(CSc2nnc(NC(=O)COCc3ccccc3)s2)c1. The van der Waals surface area contributed by atoms with E-state index in [0.29, 0.717) is 11.7 Å². The summed E-state index contributed by atoms with van der Waals surface area (Å²) in [6.07, 6.45) is 0. The summed E-state index contributed by atoms with van der Waals surface area (Å²) in [5, 5.41) is 11.3. The van der Waals surface area contributed by atoms with E-state index in [9.17, 15) is 4.79 Å². The van der Waals surface area contributed by atoms with Crippen LogP contribution in [0.15, 0.2) is 58.9 Å². The van der Waals surface area contributed by atoms with Gasteiger partial charge in [-0.05, 0) is 23.3 Å². The van der Waals surface area contributed by atoms with Crippen molar-refractivity contribution in [2.24, 2.45) is 0 Å². The zero-order chi connectivity index (χ0) is 18.9. The first-order valence-electron chi connectivity index (χ1n) is 8.23. The number of benzene rings is 2. The molecule has 0 saturated heterocycles. The highest BCUT2D eigenvalue weighted by molar-refractivity contribution is 8.00. The molecule has 3 aromatic rings. The van der Waals surface area contributed by atoms with Gasteiger partial charge in [0.05, 0.1) is 13.7 Å². The number of nitrogens with one attached hydrogen (secondary N) is 1. The van der Waals surface area contributed by atoms with Crippen molar-refractivity contribution < 1.29 is 14.3 Å². The Morgan fingerprint density at radius 1 is 1.11 bits per heavy atom. The van der Waals surface area contributed by atoms with Crippen molar-refractivity contribution in [2.45, 2.75) is 16.7 Å². The third kappa shape index (κ3) is 6.35. The van der Waals surface area contributed by atoms with E-state index in [1.165, 1.54) is 11.3 Å². The van der Waals surface area contributed by atoms with Crippen LogP contribution in [0.25, 0.3) is 0 Å². The Morgan fingerprint density at radius 3 is 2.74 bits per heavy atom. The topological polar surface area (TPSA) is 73.3 Å². The first-order valence-corrected chi connectivity index (χ1v) is 10.0. The monoisotopic (exact) mass is 401 g/mol. The van der Waals surface area contributed by atoms with Crippen molar-refractivity contribution >= 4 is 34.1 Å². The van der Waals surface area contributed by atoms with Gasteiger partial charge in [0.15, 0.2) is 4.34 Å². The molecule has 8 heteroatoms. The van der Waals surface area contributed by atoms with Gasteiger partial charge in [-0.2, -0.15) is 0 Å². The normalized spacial score (nSPS) is 10.6. The first kappa shape index (κ1) is 19.3. The molecule has 0 radical (unpaired) electrons. The highest BCUT2D eigenvalue weighted by Crippen LogP contribution is 2.29. The summed E-state index contributed by atoms with van der Waals surface area (Å²) in [6.45, 7) is 0.368. The van der Waals surface area contributed by atoms with Crippen LogP contribution in [0.4, 0.5) is 5.13 Å². The van der Waals surface area contributed by atoms with Crippen LogP contribution < -0.4 is 10.1 Å². The number of thioether (sulfide) groups is 1. The highest BCUT2D eigenvalue weighted by atomic mass is 32.2. The van der Waals surface area contributed by atoms with Crippen molar-refractivity contribution in [1.29, 1.82) is 0 Å². The minimum atomic E-state index is -0.244. The van der Waals surface area contributed by atoms with Gasteiger partial charge in [-0.3, -0.25) is 10.1 Å². The molecule has 0 aliphatic rings. The van der Waals surface area contributed by atoms with E-state index in [0.717, 1.165) is 27.0 Å². The Hall–Kier alpha value is -2.42. The number of hydrogen-bond donors (Lipinski definition) is 1. The van der Waals surface area contributed by atoms with Crippen molar-refractivity contribution in [1.82, 2.24) is 10.2 Å². The molecule has 0 unspecified atom stereocenters. The van der Waals surface area contributed by atoms with Gasteiger partial charge < -0.3 is 9.47 Å². The number of amides is 1. The van der Waals surface area contributed by atoms with E-state index < -0.39 is 0 Å². The van der Waals surface area contributed by atoms with Gasteiger partial charge in [0.2, 0.25) is 5.13 Å². The largest absolute Gasteiger partial charge is 0.497 e. The lowest BCUT2D eigenvalue weighted by atomic mass is 10.2. The summed E-state index contributed by atoms with van der Waals surface area (Å²) in [5.41, 5.74) is 2.16. The smallest absolute Gasteiger partial charge is 0.252 e. The number of anilines is 1. The third-order valence-corrected chi connectivity index (χ3v) is 5.54. The summed E-state index contributed by atoms with van der Waals surface area (Å²) in [7, 11) is 1.65. The number of ether oxygens (including phenoxy) is 2. The fourth-order valence-corrected chi connectivity index (χ4v) is 3.93. The molecule has 0 atom stereocenters. The van der Waals surface area contributed by atoms with Crippen LogP contribution in [0, 0.1) is 0 Å². The Bertz CT molecular complexity index is 871. The van der Waals surface area contributed by atoms with Crippen molar-refractivity contribution in [2.75, 3.05) is 19.0 Å². The number of carbonyl (C=O) groups excluding carboxylic acids is 1. The van der Waals surface area contributed by atoms with Gasteiger partial charge in [-0.15, -0.1) is 10.2 Å². The van der Waals surface area contributed by atoms with Crippen molar-refractivity contribution in [3.05, 3.63) is 65.7 Å². The molecule has 0 saturated carbocycles. The summed E-state index contributed by atoms with van der Waals surface area (Å²) in [5.74, 6) is 1.33. The number of nitrogens with zero attached hydrogens (tertiary/aromatic N) is 2. The van der Waals surface area contributed by atoms with Crippen molar-refractivity contribution in [3.8, 4) is 5.75 Å². The second-order valence-electron chi connectivity index (χ2n) is 5.54. The number of aromatic nitrogens is 2. The molecule has 3 rings (SSSR count). The predicted octanol–water partition coefficient (Wildman–Crippen LogP) is 3.99. The van der Waals surface area contributed by atoms with Gasteiger partial charge in [0.1, 0.15) is 12.4 Å². The molecule has 0 fully saturated rings. The number of rotatable bonds is 9. The maximum absolute atomic E-state index is 11.9. The van der Waals surface area contributed by atoms with E-state index in [4.69, 9.17) is 9.47 Å². The lowest BCUT2D eigenvalue weighted by molar-refractivity contribution is -0.121. The molecule has 6 nitrogen and oxygen atoms in total. The zero-order valence-corrected chi connectivity index (χ0v) is 16.4.